The summed E-state index contributed by atoms with van der Waals surface area (Å²) in [6.45, 7) is 4.30. The van der Waals surface area contributed by atoms with Crippen LogP contribution in [0.3, 0.4) is 0 Å². The summed E-state index contributed by atoms with van der Waals surface area (Å²) in [5, 5.41) is 1.79. The molecular formula is C18H15Cl2NS. The second-order valence-electron chi connectivity index (χ2n) is 5.18. The molecule has 4 heteroatoms. The Bertz CT molecular complexity index is 746. The number of rotatable bonds is 2. The van der Waals surface area contributed by atoms with Gasteiger partial charge in [-0.3, -0.25) is 4.99 Å². The lowest BCUT2D eigenvalue weighted by Gasteiger charge is -2.23. The lowest BCUT2D eigenvalue weighted by atomic mass is 10.1. The molecule has 0 saturated carbocycles. The van der Waals surface area contributed by atoms with E-state index in [-0.39, 0.29) is 0 Å². The molecule has 0 N–H and O–H groups in total. The molecule has 0 aromatic heterocycles. The van der Waals surface area contributed by atoms with Crippen molar-refractivity contribution in [1.29, 1.82) is 0 Å². The summed E-state index contributed by atoms with van der Waals surface area (Å²) < 4.78 is 0. The third kappa shape index (κ3) is 3.24. The summed E-state index contributed by atoms with van der Waals surface area (Å²) in [5.41, 5.74) is 4.30. The lowest BCUT2D eigenvalue weighted by Crippen LogP contribution is -2.18. The normalized spacial score (nSPS) is 18.4. The zero-order valence-corrected chi connectivity index (χ0v) is 14.6. The van der Waals surface area contributed by atoms with Crippen molar-refractivity contribution < 1.29 is 0 Å². The number of halogens is 2. The van der Waals surface area contributed by atoms with Gasteiger partial charge in [-0.2, -0.15) is 0 Å². The van der Waals surface area contributed by atoms with Crippen LogP contribution in [0.25, 0.3) is 5.70 Å². The molecule has 1 nitrogen and oxygen atoms in total. The Morgan fingerprint density at radius 3 is 1.91 bits per heavy atom. The molecule has 0 spiro atoms. The van der Waals surface area contributed by atoms with Gasteiger partial charge in [0.15, 0.2) is 0 Å². The maximum atomic E-state index is 5.98. The number of nitrogens with zero attached hydrogens (tertiary/aromatic N) is 1. The summed E-state index contributed by atoms with van der Waals surface area (Å²) >= 11 is 13.8. The van der Waals surface area contributed by atoms with Gasteiger partial charge in [0.2, 0.25) is 0 Å². The topological polar surface area (TPSA) is 12.4 Å². The first-order valence-electron chi connectivity index (χ1n) is 7.02. The summed E-state index contributed by atoms with van der Waals surface area (Å²) in [6.07, 6.45) is 0. The third-order valence-corrected chi connectivity index (χ3v) is 5.19. The first kappa shape index (κ1) is 15.7. The Balaban J connectivity index is 2.04. The van der Waals surface area contributed by atoms with Crippen LogP contribution in [0, 0.1) is 0 Å². The Hall–Kier alpha value is -1.22. The fourth-order valence-electron chi connectivity index (χ4n) is 2.46. The molecule has 1 unspecified atom stereocenters. The van der Waals surface area contributed by atoms with Crippen LogP contribution >= 0.6 is 35.0 Å². The van der Waals surface area contributed by atoms with Crippen LogP contribution in [0.5, 0.6) is 0 Å². The Morgan fingerprint density at radius 1 is 0.864 bits per heavy atom. The molecule has 1 atom stereocenters. The number of allylic oxidation sites excluding steroid dienone is 1. The zero-order valence-electron chi connectivity index (χ0n) is 12.3. The number of hydrogen-bond acceptors (Lipinski definition) is 2. The summed E-state index contributed by atoms with van der Waals surface area (Å²) in [4.78, 5) is 6.16. The quantitative estimate of drug-likeness (QED) is 0.620. The van der Waals surface area contributed by atoms with Crippen molar-refractivity contribution in [3.63, 3.8) is 0 Å². The molecule has 0 saturated heterocycles. The van der Waals surface area contributed by atoms with Gasteiger partial charge >= 0.3 is 0 Å². The molecule has 1 heterocycles. The van der Waals surface area contributed by atoms with E-state index in [0.29, 0.717) is 5.25 Å². The van der Waals surface area contributed by atoms with E-state index in [0.717, 1.165) is 32.6 Å². The maximum Gasteiger partial charge on any atom is 0.0798 e. The van der Waals surface area contributed by atoms with E-state index in [1.54, 1.807) is 0 Å². The minimum Gasteiger partial charge on any atom is -0.250 e. The first-order valence-corrected chi connectivity index (χ1v) is 8.66. The molecular weight excluding hydrogens is 333 g/mol. The van der Waals surface area contributed by atoms with E-state index in [1.165, 1.54) is 4.91 Å². The summed E-state index contributed by atoms with van der Waals surface area (Å²) in [7, 11) is 0. The highest BCUT2D eigenvalue weighted by molar-refractivity contribution is 8.04. The lowest BCUT2D eigenvalue weighted by molar-refractivity contribution is 1.26. The van der Waals surface area contributed by atoms with Gasteiger partial charge in [0.05, 0.1) is 11.4 Å². The van der Waals surface area contributed by atoms with Crippen LogP contribution in [-0.4, -0.2) is 11.0 Å². The largest absolute Gasteiger partial charge is 0.250 e. The SMILES string of the molecule is CC1=C(c2ccc(Cl)cc2)N=C(c2ccc(Cl)cc2)C(C)S1. The van der Waals surface area contributed by atoms with Gasteiger partial charge in [0, 0.05) is 25.8 Å². The van der Waals surface area contributed by atoms with Crippen molar-refractivity contribution in [2.24, 2.45) is 4.99 Å². The highest BCUT2D eigenvalue weighted by atomic mass is 35.5. The highest BCUT2D eigenvalue weighted by Crippen LogP contribution is 2.37. The van der Waals surface area contributed by atoms with Crippen LogP contribution in [-0.2, 0) is 0 Å². The fraction of sp³-hybridized carbons (Fsp3) is 0.167. The van der Waals surface area contributed by atoms with Crippen molar-refractivity contribution in [3.05, 3.63) is 74.6 Å². The van der Waals surface area contributed by atoms with Gasteiger partial charge in [0.1, 0.15) is 0 Å². The highest BCUT2D eigenvalue weighted by Gasteiger charge is 2.22. The Kier molecular flexibility index (Phi) is 4.62. The number of thioether (sulfide) groups is 1. The molecule has 3 rings (SSSR count). The molecule has 0 radical (unpaired) electrons. The molecule has 1 aliphatic rings. The van der Waals surface area contributed by atoms with Crippen LogP contribution in [0.15, 0.2) is 58.4 Å². The molecule has 0 amide bonds. The molecule has 22 heavy (non-hydrogen) atoms. The second kappa shape index (κ2) is 6.49. The predicted molar refractivity (Wildman–Crippen MR) is 99.1 cm³/mol. The van der Waals surface area contributed by atoms with E-state index in [2.05, 4.69) is 13.8 Å². The van der Waals surface area contributed by atoms with Crippen molar-refractivity contribution in [2.75, 3.05) is 0 Å². The van der Waals surface area contributed by atoms with Crippen LogP contribution in [0.4, 0.5) is 0 Å². The average molecular weight is 348 g/mol. The van der Waals surface area contributed by atoms with Gasteiger partial charge in [-0.05, 0) is 43.7 Å². The number of hydrogen-bond donors (Lipinski definition) is 0. The van der Waals surface area contributed by atoms with Crippen molar-refractivity contribution >= 4 is 46.4 Å². The Labute approximate surface area is 145 Å². The summed E-state index contributed by atoms with van der Waals surface area (Å²) in [5.74, 6) is 0. The molecule has 0 aliphatic carbocycles. The van der Waals surface area contributed by atoms with Crippen LogP contribution in [0.2, 0.25) is 10.0 Å². The molecule has 112 valence electrons. The predicted octanol–water partition coefficient (Wildman–Crippen LogP) is 6.31. The van der Waals surface area contributed by atoms with Crippen LogP contribution in [0.1, 0.15) is 25.0 Å². The maximum absolute atomic E-state index is 5.98. The monoisotopic (exact) mass is 347 g/mol. The van der Waals surface area contributed by atoms with Gasteiger partial charge in [-0.1, -0.05) is 47.5 Å². The molecule has 2 aromatic rings. The van der Waals surface area contributed by atoms with Gasteiger partial charge < -0.3 is 0 Å². The summed E-state index contributed by atoms with van der Waals surface area (Å²) in [6, 6.07) is 15.7. The standard InChI is InChI=1S/C18H15Cl2NS/c1-11-17(13-3-7-15(19)8-4-13)21-18(12(2)22-11)14-5-9-16(20)10-6-14/h3-11H,1-2H3. The van der Waals surface area contributed by atoms with Crippen molar-refractivity contribution in [3.8, 4) is 0 Å². The molecule has 1 aliphatic heterocycles. The van der Waals surface area contributed by atoms with Gasteiger partial charge in [0.25, 0.3) is 0 Å². The minimum absolute atomic E-state index is 0.317. The van der Waals surface area contributed by atoms with Crippen LogP contribution < -0.4 is 0 Å². The zero-order chi connectivity index (χ0) is 15.7. The number of benzene rings is 2. The van der Waals surface area contributed by atoms with Gasteiger partial charge in [-0.25, -0.2) is 0 Å². The van der Waals surface area contributed by atoms with E-state index in [4.69, 9.17) is 28.2 Å². The van der Waals surface area contributed by atoms with Crippen molar-refractivity contribution in [1.82, 2.24) is 0 Å². The Morgan fingerprint density at radius 2 is 1.36 bits per heavy atom. The fourth-order valence-corrected chi connectivity index (χ4v) is 3.82. The third-order valence-electron chi connectivity index (χ3n) is 3.56. The minimum atomic E-state index is 0.317. The molecule has 0 fully saturated rings. The molecule has 0 bridgehead atoms. The first-order chi connectivity index (χ1) is 10.5. The van der Waals surface area contributed by atoms with Gasteiger partial charge in [-0.15, -0.1) is 11.8 Å². The average Bonchev–Trinajstić information content (AvgIpc) is 2.50. The van der Waals surface area contributed by atoms with E-state index >= 15 is 0 Å². The van der Waals surface area contributed by atoms with E-state index < -0.39 is 0 Å². The smallest absolute Gasteiger partial charge is 0.0798 e. The van der Waals surface area contributed by atoms with E-state index in [9.17, 15) is 0 Å². The number of aliphatic imine (C=N–C) groups is 1. The van der Waals surface area contributed by atoms with E-state index in [1.807, 2.05) is 60.3 Å². The van der Waals surface area contributed by atoms with Crippen molar-refractivity contribution in [2.45, 2.75) is 19.1 Å². The second-order valence-corrected chi connectivity index (χ2v) is 7.60. The molecule has 2 aromatic carbocycles.